The van der Waals surface area contributed by atoms with E-state index >= 15 is 0 Å². The number of halogens is 1. The van der Waals surface area contributed by atoms with Crippen LogP contribution in [0.1, 0.15) is 54.9 Å². The number of ether oxygens (including phenoxy) is 1. The van der Waals surface area contributed by atoms with Crippen molar-refractivity contribution in [2.24, 2.45) is 5.92 Å². The fraction of sp³-hybridized carbons (Fsp3) is 0.371. The molecule has 4 aromatic rings. The van der Waals surface area contributed by atoms with E-state index in [0.29, 0.717) is 46.4 Å². The van der Waals surface area contributed by atoms with Crippen molar-refractivity contribution >= 4 is 34.8 Å². The van der Waals surface area contributed by atoms with Gasteiger partial charge in [0.2, 0.25) is 0 Å². The number of hydrogen-bond acceptors (Lipinski definition) is 7. The van der Waals surface area contributed by atoms with Gasteiger partial charge in [-0.2, -0.15) is 0 Å². The summed E-state index contributed by atoms with van der Waals surface area (Å²) in [6.07, 6.45) is 1.96. The number of thiazole rings is 1. The Hall–Kier alpha value is -3.79. The Morgan fingerprint density at radius 3 is 2.42 bits per heavy atom. The number of nitrogens with one attached hydrogen (secondary N) is 1. The van der Waals surface area contributed by atoms with Crippen LogP contribution in [0.5, 0.6) is 0 Å². The average Bonchev–Trinajstić information content (AvgIpc) is 3.54. The number of carbonyl (C=O) groups is 2. The van der Waals surface area contributed by atoms with Crippen molar-refractivity contribution < 1.29 is 14.3 Å². The van der Waals surface area contributed by atoms with Gasteiger partial charge in [0, 0.05) is 41.3 Å². The summed E-state index contributed by atoms with van der Waals surface area (Å²) in [5.41, 5.74) is 5.78. The number of aromatic nitrogens is 2. The van der Waals surface area contributed by atoms with E-state index in [2.05, 4.69) is 33.0 Å². The fourth-order valence-corrected chi connectivity index (χ4v) is 6.84. The summed E-state index contributed by atoms with van der Waals surface area (Å²) in [6, 6.07) is 14.6. The Morgan fingerprint density at radius 2 is 1.80 bits per heavy atom. The van der Waals surface area contributed by atoms with Crippen LogP contribution in [-0.2, 0) is 28.8 Å². The second-order valence-corrected chi connectivity index (χ2v) is 12.9. The summed E-state index contributed by atoms with van der Waals surface area (Å²) in [5.74, 6) is -0.478. The molecule has 236 valence electrons. The lowest BCUT2D eigenvalue weighted by molar-refractivity contribution is -0.144. The van der Waals surface area contributed by atoms with Crippen molar-refractivity contribution in [3.05, 3.63) is 91.7 Å². The third-order valence-corrected chi connectivity index (χ3v) is 9.27. The molecule has 0 unspecified atom stereocenters. The van der Waals surface area contributed by atoms with Crippen LogP contribution in [0.25, 0.3) is 27.5 Å². The minimum atomic E-state index is -0.625. The smallest absolute Gasteiger partial charge is 0.324 e. The van der Waals surface area contributed by atoms with Crippen LogP contribution in [0.15, 0.2) is 58.7 Å². The van der Waals surface area contributed by atoms with Gasteiger partial charge in [-0.25, -0.2) is 4.98 Å². The molecule has 0 saturated carbocycles. The summed E-state index contributed by atoms with van der Waals surface area (Å²) in [6.45, 7) is 9.37. The normalized spacial score (nSPS) is 15.0. The number of piperazine rings is 1. The number of benzene rings is 2. The zero-order valence-corrected chi connectivity index (χ0v) is 27.9. The third-order valence-electron chi connectivity index (χ3n) is 8.15. The van der Waals surface area contributed by atoms with E-state index < -0.39 is 12.0 Å². The molecular weight excluding hydrogens is 608 g/mol. The molecule has 45 heavy (non-hydrogen) atoms. The molecule has 1 aliphatic rings. The van der Waals surface area contributed by atoms with Crippen LogP contribution in [0.2, 0.25) is 5.02 Å². The summed E-state index contributed by atoms with van der Waals surface area (Å²) in [4.78, 5) is 48.2. The van der Waals surface area contributed by atoms with Gasteiger partial charge in [0.25, 0.3) is 11.5 Å². The molecule has 2 aromatic carbocycles. The molecule has 0 spiro atoms. The zero-order valence-electron chi connectivity index (χ0n) is 26.4. The minimum absolute atomic E-state index is 0.161. The van der Waals surface area contributed by atoms with Crippen molar-refractivity contribution in [2.75, 3.05) is 26.7 Å². The van der Waals surface area contributed by atoms with Crippen LogP contribution in [0.3, 0.4) is 0 Å². The number of pyridine rings is 1. The van der Waals surface area contributed by atoms with Gasteiger partial charge < -0.3 is 15.0 Å². The summed E-state index contributed by atoms with van der Waals surface area (Å²) in [5, 5.41) is 6.23. The molecule has 3 heterocycles. The molecule has 0 radical (unpaired) electrons. The molecule has 0 bridgehead atoms. The number of hydrogen-bond donors (Lipinski definition) is 1. The van der Waals surface area contributed by atoms with Crippen molar-refractivity contribution in [1.82, 2.24) is 19.8 Å². The number of para-hydroxylation sites is 1. The lowest BCUT2D eigenvalue weighted by atomic mass is 9.96. The largest absolute Gasteiger partial charge is 0.468 e. The van der Waals surface area contributed by atoms with Gasteiger partial charge in [-0.3, -0.25) is 19.0 Å². The average molecular weight is 647 g/mol. The van der Waals surface area contributed by atoms with Crippen molar-refractivity contribution in [2.45, 2.75) is 53.0 Å². The molecule has 1 fully saturated rings. The predicted octanol–water partition coefficient (Wildman–Crippen LogP) is 6.19. The van der Waals surface area contributed by atoms with Gasteiger partial charge in [-0.05, 0) is 54.5 Å². The van der Waals surface area contributed by atoms with Crippen LogP contribution in [-0.4, -0.2) is 59.1 Å². The molecule has 10 heteroatoms. The summed E-state index contributed by atoms with van der Waals surface area (Å²) >= 11 is 7.48. The molecule has 5 rings (SSSR count). The van der Waals surface area contributed by atoms with E-state index in [1.165, 1.54) is 18.4 Å². The molecule has 1 amide bonds. The number of nitrogens with zero attached hydrogens (tertiary/aromatic N) is 3. The summed E-state index contributed by atoms with van der Waals surface area (Å²) in [7, 11) is 1.34. The molecule has 1 N–H and O–H groups in total. The number of methoxy groups -OCH3 is 1. The van der Waals surface area contributed by atoms with Crippen molar-refractivity contribution in [1.29, 1.82) is 0 Å². The Morgan fingerprint density at radius 1 is 1.11 bits per heavy atom. The van der Waals surface area contributed by atoms with E-state index in [0.717, 1.165) is 40.9 Å². The first-order valence-electron chi connectivity index (χ1n) is 15.4. The van der Waals surface area contributed by atoms with Crippen LogP contribution in [0, 0.1) is 5.92 Å². The van der Waals surface area contributed by atoms with Crippen molar-refractivity contribution in [3.63, 3.8) is 0 Å². The molecule has 8 nitrogen and oxygen atoms in total. The second kappa shape index (κ2) is 14.1. The number of rotatable bonds is 9. The van der Waals surface area contributed by atoms with Gasteiger partial charge in [0.15, 0.2) is 0 Å². The Labute approximate surface area is 273 Å². The van der Waals surface area contributed by atoms with Gasteiger partial charge in [0.1, 0.15) is 11.0 Å². The first-order valence-corrected chi connectivity index (χ1v) is 16.6. The Bertz CT molecular complexity index is 1740. The molecule has 1 atom stereocenters. The molecule has 1 saturated heterocycles. The highest BCUT2D eigenvalue weighted by atomic mass is 35.5. The van der Waals surface area contributed by atoms with E-state index in [1.807, 2.05) is 47.8 Å². The monoisotopic (exact) mass is 646 g/mol. The standard InChI is InChI=1S/C35H39ClN4O4S/c1-6-22-9-8-10-23(7-2)31(22)40-30(17-21(3)4)26(33(41)39-16-15-37-28(19-39)35(43)44-5)18-27(34(40)42)32-38-29(20-45-32)24-11-13-25(36)14-12-24/h8-14,18,20-21,28,37H,6-7,15-17,19H2,1-5H3/t28-/m1/s1. The van der Waals surface area contributed by atoms with Crippen LogP contribution < -0.4 is 10.9 Å². The lowest BCUT2D eigenvalue weighted by Crippen LogP contribution is -2.56. The topological polar surface area (TPSA) is 93.5 Å². The number of esters is 1. The van der Waals surface area contributed by atoms with Crippen LogP contribution >= 0.6 is 22.9 Å². The molecule has 2 aromatic heterocycles. The number of carbonyl (C=O) groups excluding carboxylic acids is 2. The maximum absolute atomic E-state index is 14.7. The van der Waals surface area contributed by atoms with E-state index in [-0.39, 0.29) is 23.9 Å². The number of aryl methyl sites for hydroxylation is 2. The molecule has 1 aliphatic heterocycles. The second-order valence-electron chi connectivity index (χ2n) is 11.6. The minimum Gasteiger partial charge on any atom is -0.468 e. The molecule has 0 aliphatic carbocycles. The quantitative estimate of drug-likeness (QED) is 0.218. The highest BCUT2D eigenvalue weighted by Gasteiger charge is 2.32. The van der Waals surface area contributed by atoms with Crippen LogP contribution in [0.4, 0.5) is 0 Å². The fourth-order valence-electron chi connectivity index (χ4n) is 5.87. The maximum Gasteiger partial charge on any atom is 0.324 e. The van der Waals surface area contributed by atoms with E-state index in [4.69, 9.17) is 21.3 Å². The first-order chi connectivity index (χ1) is 21.7. The zero-order chi connectivity index (χ0) is 32.2. The highest BCUT2D eigenvalue weighted by Crippen LogP contribution is 2.32. The highest BCUT2D eigenvalue weighted by molar-refractivity contribution is 7.13. The predicted molar refractivity (Wildman–Crippen MR) is 181 cm³/mol. The van der Waals surface area contributed by atoms with E-state index in [9.17, 15) is 14.4 Å². The third kappa shape index (κ3) is 6.76. The summed E-state index contributed by atoms with van der Waals surface area (Å²) < 4.78 is 6.75. The van der Waals surface area contributed by atoms with Crippen molar-refractivity contribution in [3.8, 4) is 27.5 Å². The van der Waals surface area contributed by atoms with Gasteiger partial charge in [-0.15, -0.1) is 11.3 Å². The lowest BCUT2D eigenvalue weighted by Gasteiger charge is -2.33. The SMILES string of the molecule is CCc1cccc(CC)c1-n1c(CC(C)C)c(C(=O)N2CCN[C@@H](C(=O)OC)C2)cc(-c2nc(-c3ccc(Cl)cc3)cs2)c1=O. The Kier molecular flexibility index (Phi) is 10.2. The van der Waals surface area contributed by atoms with Gasteiger partial charge in [0.05, 0.1) is 29.6 Å². The molecular formula is C35H39ClN4O4S. The maximum atomic E-state index is 14.7. The Balaban J connectivity index is 1.77. The van der Waals surface area contributed by atoms with Gasteiger partial charge in [-0.1, -0.05) is 69.6 Å². The number of amides is 1. The van der Waals surface area contributed by atoms with Gasteiger partial charge >= 0.3 is 5.97 Å². The first kappa shape index (κ1) is 32.6. The van der Waals surface area contributed by atoms with E-state index in [1.54, 1.807) is 15.5 Å².